The second-order valence-electron chi connectivity index (χ2n) is 5.77. The fraction of sp³-hybridized carbons (Fsp3) is 0.375. The number of hydrogen-bond acceptors (Lipinski definition) is 8. The van der Waals surface area contributed by atoms with Crippen LogP contribution in [0.15, 0.2) is 37.4 Å². The van der Waals surface area contributed by atoms with Gasteiger partial charge in [-0.15, -0.1) is 0 Å². The molecule has 0 saturated heterocycles. The average molecular weight is 473 g/mol. The predicted octanol–water partition coefficient (Wildman–Crippen LogP) is 1.65. The Morgan fingerprint density at radius 2 is 2.17 bits per heavy atom. The molecule has 1 atom stereocenters. The standard InChI is InChI=1S/C16H22BrFN8O3/c1-2-12(27)23-16(19)21-7-3-6-20-14-13(25-29-26-14)15(24-28)22-9-4-5-11(18)10(17)8-9/h4-5,8,12,27-28H,2-3,6-7H2,1H3,(H,20,26)(H,22,24)(H3,19,21,23). The third-order valence-corrected chi connectivity index (χ3v) is 4.21. The van der Waals surface area contributed by atoms with Gasteiger partial charge in [0.1, 0.15) is 12.0 Å². The highest BCUT2D eigenvalue weighted by atomic mass is 79.9. The first-order chi connectivity index (χ1) is 13.9. The number of aliphatic imine (C=N–C) groups is 1. The number of anilines is 2. The molecule has 158 valence electrons. The number of aromatic nitrogens is 2. The molecule has 0 amide bonds. The van der Waals surface area contributed by atoms with Crippen LogP contribution < -0.4 is 21.7 Å². The predicted molar refractivity (Wildman–Crippen MR) is 109 cm³/mol. The summed E-state index contributed by atoms with van der Waals surface area (Å²) in [5.74, 6) is -0.0377. The fourth-order valence-electron chi connectivity index (χ4n) is 2.11. The van der Waals surface area contributed by atoms with Gasteiger partial charge in [0.25, 0.3) is 0 Å². The van der Waals surface area contributed by atoms with Gasteiger partial charge in [-0.1, -0.05) is 12.1 Å². The van der Waals surface area contributed by atoms with E-state index in [1.807, 2.05) is 0 Å². The quantitative estimate of drug-likeness (QED) is 0.104. The van der Waals surface area contributed by atoms with Gasteiger partial charge in [0.05, 0.1) is 4.47 Å². The van der Waals surface area contributed by atoms with Crippen LogP contribution in [-0.4, -0.2) is 51.7 Å². The van der Waals surface area contributed by atoms with Crippen molar-refractivity contribution in [2.75, 3.05) is 23.7 Å². The Labute approximate surface area is 174 Å². The molecule has 2 aromatic rings. The molecule has 1 aromatic heterocycles. The number of oxime groups is 1. The van der Waals surface area contributed by atoms with Gasteiger partial charge in [-0.2, -0.15) is 0 Å². The maximum atomic E-state index is 13.4. The molecule has 1 aromatic carbocycles. The number of guanidine groups is 1. The Hall–Kier alpha value is -2.93. The SMILES string of the molecule is CCC(O)/N=C(\N)NCCCNc1nonc1/C(=N/O)Nc1ccc(F)c(Br)c1. The number of amidine groups is 1. The second kappa shape index (κ2) is 11.2. The highest BCUT2D eigenvalue weighted by Crippen LogP contribution is 2.21. The lowest BCUT2D eigenvalue weighted by molar-refractivity contribution is 0.180. The number of rotatable bonds is 9. The Bertz CT molecular complexity index is 860. The van der Waals surface area contributed by atoms with Gasteiger partial charge in [-0.25, -0.2) is 14.0 Å². The summed E-state index contributed by atoms with van der Waals surface area (Å²) in [7, 11) is 0. The number of aliphatic hydroxyl groups is 1. The molecule has 0 fully saturated rings. The van der Waals surface area contributed by atoms with Crippen LogP contribution in [0.25, 0.3) is 0 Å². The first-order valence-electron chi connectivity index (χ1n) is 8.70. The number of nitrogens with two attached hydrogens (primary N) is 1. The smallest absolute Gasteiger partial charge is 0.203 e. The molecule has 0 bridgehead atoms. The lowest BCUT2D eigenvalue weighted by Gasteiger charge is -2.09. The lowest BCUT2D eigenvalue weighted by Crippen LogP contribution is -2.34. The van der Waals surface area contributed by atoms with Crippen LogP contribution in [0, 0.1) is 5.82 Å². The third-order valence-electron chi connectivity index (χ3n) is 3.60. The van der Waals surface area contributed by atoms with Gasteiger partial charge in [0.15, 0.2) is 11.7 Å². The van der Waals surface area contributed by atoms with E-state index in [9.17, 15) is 14.7 Å². The van der Waals surface area contributed by atoms with Gasteiger partial charge in [-0.05, 0) is 57.3 Å². The summed E-state index contributed by atoms with van der Waals surface area (Å²) in [4.78, 5) is 3.85. The number of aliphatic hydroxyl groups excluding tert-OH is 1. The van der Waals surface area contributed by atoms with Gasteiger partial charge < -0.3 is 32.0 Å². The Morgan fingerprint density at radius 1 is 1.38 bits per heavy atom. The van der Waals surface area contributed by atoms with Crippen molar-refractivity contribution in [2.45, 2.75) is 26.0 Å². The molecule has 11 nitrogen and oxygen atoms in total. The van der Waals surface area contributed by atoms with Crippen LogP contribution in [-0.2, 0) is 0 Å². The highest BCUT2D eigenvalue weighted by molar-refractivity contribution is 9.10. The number of hydrogen-bond donors (Lipinski definition) is 6. The largest absolute Gasteiger partial charge is 0.409 e. The normalized spacial score (nSPS) is 13.2. The van der Waals surface area contributed by atoms with Crippen molar-refractivity contribution in [1.29, 1.82) is 0 Å². The zero-order valence-electron chi connectivity index (χ0n) is 15.6. The molecule has 0 aliphatic carbocycles. The maximum Gasteiger partial charge on any atom is 0.203 e. The van der Waals surface area contributed by atoms with E-state index in [1.54, 1.807) is 6.92 Å². The van der Waals surface area contributed by atoms with Crippen molar-refractivity contribution in [3.63, 3.8) is 0 Å². The summed E-state index contributed by atoms with van der Waals surface area (Å²) in [5, 5.41) is 38.0. The first kappa shape index (κ1) is 22.4. The average Bonchev–Trinajstić information content (AvgIpc) is 3.16. The van der Waals surface area contributed by atoms with Crippen molar-refractivity contribution in [3.8, 4) is 0 Å². The molecule has 0 aliphatic rings. The van der Waals surface area contributed by atoms with E-state index in [0.717, 1.165) is 0 Å². The monoisotopic (exact) mass is 472 g/mol. The molecular weight excluding hydrogens is 451 g/mol. The molecule has 0 spiro atoms. The Kier molecular flexibility index (Phi) is 8.61. The van der Waals surface area contributed by atoms with Crippen LogP contribution in [0.2, 0.25) is 0 Å². The Balaban J connectivity index is 1.89. The van der Waals surface area contributed by atoms with E-state index < -0.39 is 12.0 Å². The summed E-state index contributed by atoms with van der Waals surface area (Å²) in [6, 6.07) is 4.20. The van der Waals surface area contributed by atoms with Crippen LogP contribution in [0.3, 0.4) is 0 Å². The van der Waals surface area contributed by atoms with E-state index >= 15 is 0 Å². The summed E-state index contributed by atoms with van der Waals surface area (Å²) in [6.07, 6.45) is 0.285. The summed E-state index contributed by atoms with van der Waals surface area (Å²) in [6.45, 7) is 2.77. The minimum atomic E-state index is -0.824. The van der Waals surface area contributed by atoms with Gasteiger partial charge in [0.2, 0.25) is 11.7 Å². The number of nitrogens with zero attached hydrogens (tertiary/aromatic N) is 4. The van der Waals surface area contributed by atoms with Crippen LogP contribution in [0.1, 0.15) is 25.5 Å². The minimum absolute atomic E-state index is 0.0321. The minimum Gasteiger partial charge on any atom is -0.409 e. The molecule has 0 saturated carbocycles. The zero-order chi connectivity index (χ0) is 21.2. The van der Waals surface area contributed by atoms with Crippen molar-refractivity contribution < 1.29 is 19.3 Å². The Morgan fingerprint density at radius 3 is 2.86 bits per heavy atom. The summed E-state index contributed by atoms with van der Waals surface area (Å²) in [5.41, 5.74) is 6.26. The van der Waals surface area contributed by atoms with E-state index in [2.05, 4.69) is 52.3 Å². The van der Waals surface area contributed by atoms with Gasteiger partial charge in [-0.3, -0.25) is 0 Å². The first-order valence-corrected chi connectivity index (χ1v) is 9.50. The molecule has 2 rings (SSSR count). The molecular formula is C16H22BrFN8O3. The van der Waals surface area contributed by atoms with Crippen LogP contribution >= 0.6 is 15.9 Å². The molecule has 1 heterocycles. The van der Waals surface area contributed by atoms with E-state index in [1.165, 1.54) is 18.2 Å². The number of halogens is 2. The van der Waals surface area contributed by atoms with Crippen LogP contribution in [0.5, 0.6) is 0 Å². The van der Waals surface area contributed by atoms with Crippen molar-refractivity contribution in [2.24, 2.45) is 15.9 Å². The van der Waals surface area contributed by atoms with Gasteiger partial charge in [0, 0.05) is 18.8 Å². The number of benzene rings is 1. The third kappa shape index (κ3) is 6.87. The number of nitrogens with one attached hydrogen (secondary N) is 3. The molecule has 1 unspecified atom stereocenters. The summed E-state index contributed by atoms with van der Waals surface area (Å²) < 4.78 is 18.3. The molecule has 13 heteroatoms. The van der Waals surface area contributed by atoms with Crippen LogP contribution in [0.4, 0.5) is 15.9 Å². The maximum absolute atomic E-state index is 13.4. The lowest BCUT2D eigenvalue weighted by atomic mass is 10.3. The second-order valence-corrected chi connectivity index (χ2v) is 6.63. The fourth-order valence-corrected chi connectivity index (χ4v) is 2.49. The van der Waals surface area contributed by atoms with Crippen molar-refractivity contribution in [3.05, 3.63) is 34.2 Å². The van der Waals surface area contributed by atoms with E-state index in [-0.39, 0.29) is 27.8 Å². The van der Waals surface area contributed by atoms with E-state index in [0.29, 0.717) is 31.6 Å². The van der Waals surface area contributed by atoms with E-state index in [4.69, 9.17) is 10.4 Å². The molecule has 29 heavy (non-hydrogen) atoms. The molecule has 7 N–H and O–H groups in total. The topological polar surface area (TPSA) is 166 Å². The highest BCUT2D eigenvalue weighted by Gasteiger charge is 2.17. The molecule has 0 radical (unpaired) electrons. The van der Waals surface area contributed by atoms with Crippen molar-refractivity contribution >= 4 is 39.2 Å². The molecule has 0 aliphatic heterocycles. The summed E-state index contributed by atoms with van der Waals surface area (Å²) >= 11 is 3.08. The van der Waals surface area contributed by atoms with Crippen molar-refractivity contribution in [1.82, 2.24) is 15.6 Å². The van der Waals surface area contributed by atoms with Gasteiger partial charge >= 0.3 is 0 Å². The zero-order valence-corrected chi connectivity index (χ0v) is 17.1.